The highest BCUT2D eigenvalue weighted by Crippen LogP contribution is 2.24. The molecule has 0 saturated carbocycles. The predicted octanol–water partition coefficient (Wildman–Crippen LogP) is 1.63. The third kappa shape index (κ3) is 3.15. The second-order valence-electron chi connectivity index (χ2n) is 3.41. The second kappa shape index (κ2) is 6.00. The van der Waals surface area contributed by atoms with Crippen molar-refractivity contribution in [1.29, 1.82) is 0 Å². The van der Waals surface area contributed by atoms with Gasteiger partial charge < -0.3 is 15.4 Å². The number of benzene rings is 1. The SMILES string of the molecule is CCOc1ccccc1N[C@@H](C)C(=O)NC. The molecule has 0 aliphatic rings. The van der Waals surface area contributed by atoms with Crippen molar-refractivity contribution in [2.75, 3.05) is 19.0 Å². The number of hydrogen-bond acceptors (Lipinski definition) is 3. The van der Waals surface area contributed by atoms with E-state index in [0.29, 0.717) is 6.61 Å². The van der Waals surface area contributed by atoms with Crippen LogP contribution in [0.1, 0.15) is 13.8 Å². The maximum atomic E-state index is 11.4. The van der Waals surface area contributed by atoms with E-state index in [9.17, 15) is 4.79 Å². The van der Waals surface area contributed by atoms with E-state index >= 15 is 0 Å². The van der Waals surface area contributed by atoms with E-state index in [2.05, 4.69) is 10.6 Å². The van der Waals surface area contributed by atoms with Gasteiger partial charge in [0.15, 0.2) is 0 Å². The van der Waals surface area contributed by atoms with Gasteiger partial charge in [-0.2, -0.15) is 0 Å². The van der Waals surface area contributed by atoms with Crippen molar-refractivity contribution in [3.05, 3.63) is 24.3 Å². The van der Waals surface area contributed by atoms with Crippen molar-refractivity contribution in [3.63, 3.8) is 0 Å². The standard InChI is InChI=1S/C12H18N2O2/c1-4-16-11-8-6-5-7-10(11)14-9(2)12(15)13-3/h5-9,14H,4H2,1-3H3,(H,13,15)/t9-/m0/s1. The zero-order chi connectivity index (χ0) is 12.0. The summed E-state index contributed by atoms with van der Waals surface area (Å²) in [5.41, 5.74) is 0.834. The zero-order valence-corrected chi connectivity index (χ0v) is 9.91. The minimum atomic E-state index is -0.286. The molecule has 1 aromatic rings. The fourth-order valence-corrected chi connectivity index (χ4v) is 1.38. The Kier molecular flexibility index (Phi) is 4.64. The van der Waals surface area contributed by atoms with Gasteiger partial charge in [-0.05, 0) is 26.0 Å². The van der Waals surface area contributed by atoms with Crippen molar-refractivity contribution in [1.82, 2.24) is 5.32 Å². The topological polar surface area (TPSA) is 50.4 Å². The van der Waals surface area contributed by atoms with Crippen molar-refractivity contribution in [2.24, 2.45) is 0 Å². The summed E-state index contributed by atoms with van der Waals surface area (Å²) in [5.74, 6) is 0.715. The highest BCUT2D eigenvalue weighted by molar-refractivity contribution is 5.84. The lowest BCUT2D eigenvalue weighted by atomic mass is 10.2. The molecule has 0 spiro atoms. The number of amides is 1. The van der Waals surface area contributed by atoms with E-state index < -0.39 is 0 Å². The molecule has 1 aromatic carbocycles. The molecule has 0 aliphatic carbocycles. The van der Waals surface area contributed by atoms with Gasteiger partial charge in [0, 0.05) is 7.05 Å². The van der Waals surface area contributed by atoms with Gasteiger partial charge >= 0.3 is 0 Å². The van der Waals surface area contributed by atoms with Crippen LogP contribution in [0.25, 0.3) is 0 Å². The summed E-state index contributed by atoms with van der Waals surface area (Å²) in [6, 6.07) is 7.29. The summed E-state index contributed by atoms with van der Waals surface area (Å²) >= 11 is 0. The van der Waals surface area contributed by atoms with Crippen LogP contribution in [-0.2, 0) is 4.79 Å². The van der Waals surface area contributed by atoms with Crippen molar-refractivity contribution < 1.29 is 9.53 Å². The number of rotatable bonds is 5. The normalized spacial score (nSPS) is 11.7. The number of anilines is 1. The van der Waals surface area contributed by atoms with Crippen molar-refractivity contribution >= 4 is 11.6 Å². The molecular weight excluding hydrogens is 204 g/mol. The van der Waals surface area contributed by atoms with Gasteiger partial charge in [0.1, 0.15) is 11.8 Å². The van der Waals surface area contributed by atoms with Crippen LogP contribution >= 0.6 is 0 Å². The third-order valence-corrected chi connectivity index (χ3v) is 2.20. The van der Waals surface area contributed by atoms with Gasteiger partial charge in [0.2, 0.25) is 5.91 Å². The van der Waals surface area contributed by atoms with Crippen LogP contribution in [-0.4, -0.2) is 25.6 Å². The Morgan fingerprint density at radius 3 is 2.75 bits per heavy atom. The van der Waals surface area contributed by atoms with Crippen molar-refractivity contribution in [2.45, 2.75) is 19.9 Å². The van der Waals surface area contributed by atoms with Crippen LogP contribution in [0.15, 0.2) is 24.3 Å². The van der Waals surface area contributed by atoms with E-state index in [1.54, 1.807) is 7.05 Å². The number of nitrogens with one attached hydrogen (secondary N) is 2. The molecule has 4 nitrogen and oxygen atoms in total. The van der Waals surface area contributed by atoms with E-state index in [1.807, 2.05) is 38.1 Å². The van der Waals surface area contributed by atoms with Gasteiger partial charge in [0.25, 0.3) is 0 Å². The van der Waals surface area contributed by atoms with E-state index in [0.717, 1.165) is 11.4 Å². The molecule has 88 valence electrons. The van der Waals surface area contributed by atoms with Crippen LogP contribution in [0.3, 0.4) is 0 Å². The summed E-state index contributed by atoms with van der Waals surface area (Å²) in [6.45, 7) is 4.34. The summed E-state index contributed by atoms with van der Waals surface area (Å²) < 4.78 is 5.46. The molecular formula is C12H18N2O2. The van der Waals surface area contributed by atoms with Crippen LogP contribution in [0.5, 0.6) is 5.75 Å². The first kappa shape index (κ1) is 12.4. The van der Waals surface area contributed by atoms with Crippen LogP contribution in [0.4, 0.5) is 5.69 Å². The largest absolute Gasteiger partial charge is 0.492 e. The molecule has 0 saturated heterocycles. The summed E-state index contributed by atoms with van der Waals surface area (Å²) in [4.78, 5) is 11.4. The molecule has 2 N–H and O–H groups in total. The second-order valence-corrected chi connectivity index (χ2v) is 3.41. The molecule has 0 fully saturated rings. The molecule has 0 aromatic heterocycles. The molecule has 0 radical (unpaired) electrons. The van der Waals surface area contributed by atoms with E-state index in [1.165, 1.54) is 0 Å². The third-order valence-electron chi connectivity index (χ3n) is 2.20. The van der Waals surface area contributed by atoms with Gasteiger partial charge in [0.05, 0.1) is 12.3 Å². The Morgan fingerprint density at radius 1 is 1.44 bits per heavy atom. The molecule has 1 rings (SSSR count). The Bertz CT molecular complexity index is 353. The van der Waals surface area contributed by atoms with E-state index in [-0.39, 0.29) is 11.9 Å². The number of hydrogen-bond donors (Lipinski definition) is 2. The first-order valence-corrected chi connectivity index (χ1v) is 5.39. The van der Waals surface area contributed by atoms with E-state index in [4.69, 9.17) is 4.74 Å². The fourth-order valence-electron chi connectivity index (χ4n) is 1.38. The number of para-hydroxylation sites is 2. The number of carbonyl (C=O) groups is 1. The first-order valence-electron chi connectivity index (χ1n) is 5.39. The lowest BCUT2D eigenvalue weighted by Gasteiger charge is -2.16. The molecule has 0 heterocycles. The Labute approximate surface area is 96.0 Å². The fraction of sp³-hybridized carbons (Fsp3) is 0.417. The van der Waals surface area contributed by atoms with Crippen molar-refractivity contribution in [3.8, 4) is 5.75 Å². The molecule has 16 heavy (non-hydrogen) atoms. The first-order chi connectivity index (χ1) is 7.69. The van der Waals surface area contributed by atoms with Crippen LogP contribution in [0, 0.1) is 0 Å². The number of ether oxygens (including phenoxy) is 1. The minimum Gasteiger partial charge on any atom is -0.492 e. The summed E-state index contributed by atoms with van der Waals surface area (Å²) in [6.07, 6.45) is 0. The molecule has 1 atom stereocenters. The number of carbonyl (C=O) groups excluding carboxylic acids is 1. The van der Waals surface area contributed by atoms with Gasteiger partial charge in [-0.1, -0.05) is 12.1 Å². The smallest absolute Gasteiger partial charge is 0.241 e. The highest BCUT2D eigenvalue weighted by Gasteiger charge is 2.12. The molecule has 0 bridgehead atoms. The lowest BCUT2D eigenvalue weighted by Crippen LogP contribution is -2.35. The average Bonchev–Trinajstić information content (AvgIpc) is 2.31. The predicted molar refractivity (Wildman–Crippen MR) is 64.8 cm³/mol. The number of likely N-dealkylation sites (N-methyl/N-ethyl adjacent to an activating group) is 1. The monoisotopic (exact) mass is 222 g/mol. The molecule has 4 heteroatoms. The maximum absolute atomic E-state index is 11.4. The Hall–Kier alpha value is -1.71. The minimum absolute atomic E-state index is 0.0497. The van der Waals surface area contributed by atoms with Gasteiger partial charge in [-0.25, -0.2) is 0 Å². The highest BCUT2D eigenvalue weighted by atomic mass is 16.5. The van der Waals surface area contributed by atoms with Gasteiger partial charge in [-0.3, -0.25) is 4.79 Å². The van der Waals surface area contributed by atoms with Crippen LogP contribution < -0.4 is 15.4 Å². The van der Waals surface area contributed by atoms with Gasteiger partial charge in [-0.15, -0.1) is 0 Å². The molecule has 0 unspecified atom stereocenters. The molecule has 1 amide bonds. The summed E-state index contributed by atoms with van der Waals surface area (Å²) in [5, 5.41) is 5.70. The average molecular weight is 222 g/mol. The van der Waals surface area contributed by atoms with Crippen LogP contribution in [0.2, 0.25) is 0 Å². The summed E-state index contributed by atoms with van der Waals surface area (Å²) in [7, 11) is 1.62. The lowest BCUT2D eigenvalue weighted by molar-refractivity contribution is -0.121. The zero-order valence-electron chi connectivity index (χ0n) is 9.91. The Balaban J connectivity index is 2.75. The maximum Gasteiger partial charge on any atom is 0.241 e. The molecule has 0 aliphatic heterocycles. The quantitative estimate of drug-likeness (QED) is 0.796. The Morgan fingerprint density at radius 2 is 2.12 bits per heavy atom.